The minimum Gasteiger partial charge on any atom is -0.308 e. The number of aryl methyl sites for hydroxylation is 1. The predicted octanol–water partition coefficient (Wildman–Crippen LogP) is 2.91. The van der Waals surface area contributed by atoms with Gasteiger partial charge in [-0.05, 0) is 31.4 Å². The SMILES string of the molecule is CCC(C)C(C)NCc1ncccc1C. The summed E-state index contributed by atoms with van der Waals surface area (Å²) < 4.78 is 0. The van der Waals surface area contributed by atoms with Gasteiger partial charge in [-0.25, -0.2) is 0 Å². The topological polar surface area (TPSA) is 24.9 Å². The van der Waals surface area contributed by atoms with Crippen LogP contribution in [-0.4, -0.2) is 11.0 Å². The Morgan fingerprint density at radius 1 is 1.40 bits per heavy atom. The Bertz CT molecular complexity index is 296. The van der Waals surface area contributed by atoms with E-state index in [1.807, 2.05) is 12.3 Å². The van der Waals surface area contributed by atoms with Crippen molar-refractivity contribution in [3.05, 3.63) is 29.6 Å². The molecular formula is C13H22N2. The number of nitrogens with zero attached hydrogens (tertiary/aromatic N) is 1. The third-order valence-electron chi connectivity index (χ3n) is 3.21. The summed E-state index contributed by atoms with van der Waals surface area (Å²) in [4.78, 5) is 4.37. The molecule has 2 nitrogen and oxygen atoms in total. The maximum absolute atomic E-state index is 4.37. The van der Waals surface area contributed by atoms with Gasteiger partial charge in [-0.3, -0.25) is 4.98 Å². The fourth-order valence-corrected chi connectivity index (χ4v) is 1.52. The number of rotatable bonds is 5. The van der Waals surface area contributed by atoms with Gasteiger partial charge >= 0.3 is 0 Å². The zero-order chi connectivity index (χ0) is 11.3. The number of hydrogen-bond acceptors (Lipinski definition) is 2. The van der Waals surface area contributed by atoms with Crippen LogP contribution in [0.1, 0.15) is 38.4 Å². The number of hydrogen-bond donors (Lipinski definition) is 1. The highest BCUT2D eigenvalue weighted by atomic mass is 14.9. The summed E-state index contributed by atoms with van der Waals surface area (Å²) in [6.45, 7) is 9.74. The van der Waals surface area contributed by atoms with Gasteiger partial charge < -0.3 is 5.32 Å². The van der Waals surface area contributed by atoms with Crippen molar-refractivity contribution >= 4 is 0 Å². The summed E-state index contributed by atoms with van der Waals surface area (Å²) in [5, 5.41) is 3.53. The van der Waals surface area contributed by atoms with Crippen LogP contribution >= 0.6 is 0 Å². The smallest absolute Gasteiger partial charge is 0.0570 e. The summed E-state index contributed by atoms with van der Waals surface area (Å²) in [6, 6.07) is 4.64. The molecule has 0 amide bonds. The van der Waals surface area contributed by atoms with Crippen molar-refractivity contribution in [3.63, 3.8) is 0 Å². The molecule has 2 atom stereocenters. The van der Waals surface area contributed by atoms with E-state index in [-0.39, 0.29) is 0 Å². The van der Waals surface area contributed by atoms with E-state index in [0.717, 1.165) is 12.2 Å². The average Bonchev–Trinajstić information content (AvgIpc) is 2.26. The second-order valence-electron chi connectivity index (χ2n) is 4.32. The van der Waals surface area contributed by atoms with E-state index >= 15 is 0 Å². The van der Waals surface area contributed by atoms with Gasteiger partial charge in [-0.1, -0.05) is 26.3 Å². The molecule has 0 saturated heterocycles. The normalized spacial score (nSPS) is 14.9. The lowest BCUT2D eigenvalue weighted by Gasteiger charge is -2.20. The second-order valence-corrected chi connectivity index (χ2v) is 4.32. The average molecular weight is 206 g/mol. The molecule has 0 spiro atoms. The Balaban J connectivity index is 2.47. The summed E-state index contributed by atoms with van der Waals surface area (Å²) in [5.41, 5.74) is 2.43. The molecule has 84 valence electrons. The van der Waals surface area contributed by atoms with E-state index in [2.05, 4.69) is 44.1 Å². The summed E-state index contributed by atoms with van der Waals surface area (Å²) in [7, 11) is 0. The highest BCUT2D eigenvalue weighted by Crippen LogP contribution is 2.08. The van der Waals surface area contributed by atoms with Gasteiger partial charge in [0.1, 0.15) is 0 Å². The number of aromatic nitrogens is 1. The molecule has 1 heterocycles. The molecule has 0 bridgehead atoms. The molecule has 2 heteroatoms. The highest BCUT2D eigenvalue weighted by molar-refractivity contribution is 5.17. The molecule has 0 saturated carbocycles. The van der Waals surface area contributed by atoms with Crippen molar-refractivity contribution in [1.82, 2.24) is 10.3 Å². The summed E-state index contributed by atoms with van der Waals surface area (Å²) in [5.74, 6) is 0.717. The highest BCUT2D eigenvalue weighted by Gasteiger charge is 2.09. The molecule has 1 aromatic heterocycles. The first-order valence-electron chi connectivity index (χ1n) is 5.79. The summed E-state index contributed by atoms with van der Waals surface area (Å²) in [6.07, 6.45) is 3.08. The van der Waals surface area contributed by atoms with Crippen LogP contribution in [0.2, 0.25) is 0 Å². The largest absolute Gasteiger partial charge is 0.308 e. The molecule has 0 aromatic carbocycles. The van der Waals surface area contributed by atoms with Gasteiger partial charge in [-0.15, -0.1) is 0 Å². The van der Waals surface area contributed by atoms with E-state index in [9.17, 15) is 0 Å². The third-order valence-corrected chi connectivity index (χ3v) is 3.21. The number of pyridine rings is 1. The maximum atomic E-state index is 4.37. The maximum Gasteiger partial charge on any atom is 0.0570 e. The Morgan fingerprint density at radius 2 is 2.13 bits per heavy atom. The predicted molar refractivity (Wildman–Crippen MR) is 64.7 cm³/mol. The molecule has 1 rings (SSSR count). The molecule has 0 aliphatic rings. The molecule has 0 aliphatic heterocycles. The molecule has 15 heavy (non-hydrogen) atoms. The lowest BCUT2D eigenvalue weighted by molar-refractivity contribution is 0.387. The molecular weight excluding hydrogens is 184 g/mol. The van der Waals surface area contributed by atoms with Crippen LogP contribution in [0, 0.1) is 12.8 Å². The minimum absolute atomic E-state index is 0.552. The van der Waals surface area contributed by atoms with Crippen molar-refractivity contribution in [1.29, 1.82) is 0 Å². The lowest BCUT2D eigenvalue weighted by atomic mass is 10.0. The monoisotopic (exact) mass is 206 g/mol. The van der Waals surface area contributed by atoms with Crippen molar-refractivity contribution in [2.24, 2.45) is 5.92 Å². The van der Waals surface area contributed by atoms with Crippen LogP contribution in [0.25, 0.3) is 0 Å². The summed E-state index contributed by atoms with van der Waals surface area (Å²) >= 11 is 0. The Morgan fingerprint density at radius 3 is 2.73 bits per heavy atom. The van der Waals surface area contributed by atoms with Gasteiger partial charge in [0, 0.05) is 18.8 Å². The van der Waals surface area contributed by atoms with Crippen LogP contribution in [0.15, 0.2) is 18.3 Å². The van der Waals surface area contributed by atoms with Gasteiger partial charge in [0.25, 0.3) is 0 Å². The molecule has 0 aliphatic carbocycles. The van der Waals surface area contributed by atoms with Crippen molar-refractivity contribution in [2.75, 3.05) is 0 Å². The van der Waals surface area contributed by atoms with Gasteiger partial charge in [-0.2, -0.15) is 0 Å². The first-order valence-corrected chi connectivity index (χ1v) is 5.79. The Kier molecular flexibility index (Phi) is 4.76. The number of nitrogens with one attached hydrogen (secondary N) is 1. The fraction of sp³-hybridized carbons (Fsp3) is 0.615. The molecule has 0 radical (unpaired) electrons. The van der Waals surface area contributed by atoms with Crippen molar-refractivity contribution in [2.45, 2.75) is 46.7 Å². The van der Waals surface area contributed by atoms with Crippen LogP contribution < -0.4 is 5.32 Å². The molecule has 1 N–H and O–H groups in total. The van der Waals surface area contributed by atoms with Crippen LogP contribution in [0.4, 0.5) is 0 Å². The first kappa shape index (κ1) is 12.2. The van der Waals surface area contributed by atoms with Crippen LogP contribution in [0.3, 0.4) is 0 Å². The molecule has 1 aromatic rings. The second kappa shape index (κ2) is 5.86. The quantitative estimate of drug-likeness (QED) is 0.801. The van der Waals surface area contributed by atoms with Crippen LogP contribution in [-0.2, 0) is 6.54 Å². The third kappa shape index (κ3) is 3.63. The fourth-order valence-electron chi connectivity index (χ4n) is 1.52. The zero-order valence-electron chi connectivity index (χ0n) is 10.2. The van der Waals surface area contributed by atoms with Gasteiger partial charge in [0.2, 0.25) is 0 Å². The van der Waals surface area contributed by atoms with Crippen LogP contribution in [0.5, 0.6) is 0 Å². The minimum atomic E-state index is 0.552. The lowest BCUT2D eigenvalue weighted by Crippen LogP contribution is -2.31. The molecule has 0 fully saturated rings. The van der Waals surface area contributed by atoms with Gasteiger partial charge in [0.05, 0.1) is 5.69 Å². The van der Waals surface area contributed by atoms with E-state index in [0.29, 0.717) is 12.0 Å². The van der Waals surface area contributed by atoms with Crippen molar-refractivity contribution in [3.8, 4) is 0 Å². The van der Waals surface area contributed by atoms with E-state index in [1.165, 1.54) is 12.0 Å². The zero-order valence-corrected chi connectivity index (χ0v) is 10.2. The molecule has 2 unspecified atom stereocenters. The van der Waals surface area contributed by atoms with Crippen molar-refractivity contribution < 1.29 is 0 Å². The van der Waals surface area contributed by atoms with Gasteiger partial charge in [0.15, 0.2) is 0 Å². The van der Waals surface area contributed by atoms with E-state index in [1.54, 1.807) is 0 Å². The van der Waals surface area contributed by atoms with E-state index in [4.69, 9.17) is 0 Å². The Labute approximate surface area is 93.1 Å². The van der Waals surface area contributed by atoms with E-state index < -0.39 is 0 Å². The standard InChI is InChI=1S/C13H22N2/c1-5-10(2)12(4)15-9-13-11(3)7-6-8-14-13/h6-8,10,12,15H,5,9H2,1-4H3. The Hall–Kier alpha value is -0.890. The first-order chi connectivity index (χ1) is 7.15.